The number of aromatic nitrogens is 1. The van der Waals surface area contributed by atoms with Crippen molar-refractivity contribution >= 4 is 0 Å². The number of nitrogens with zero attached hydrogens (tertiary/aromatic N) is 1. The van der Waals surface area contributed by atoms with Crippen LogP contribution in [0.1, 0.15) is 25.1 Å². The smallest absolute Gasteiger partial charge is 0.315 e. The van der Waals surface area contributed by atoms with Crippen molar-refractivity contribution in [2.24, 2.45) is 5.92 Å². The summed E-state index contributed by atoms with van der Waals surface area (Å²) in [6.07, 6.45) is -3.45. The van der Waals surface area contributed by atoms with Gasteiger partial charge in [-0.2, -0.15) is 13.2 Å². The third-order valence-electron chi connectivity index (χ3n) is 2.49. The van der Waals surface area contributed by atoms with E-state index in [0.29, 0.717) is 18.2 Å². The molecule has 108 valence electrons. The van der Waals surface area contributed by atoms with E-state index in [0.717, 1.165) is 31.9 Å². The molecule has 0 aliphatic heterocycles. The zero-order valence-electron chi connectivity index (χ0n) is 11.2. The van der Waals surface area contributed by atoms with Gasteiger partial charge in [-0.1, -0.05) is 13.8 Å². The quantitative estimate of drug-likeness (QED) is 0.750. The maximum atomic E-state index is 12.3. The Bertz CT molecular complexity index is 360. The number of alkyl halides is 3. The summed E-state index contributed by atoms with van der Waals surface area (Å²) in [6.45, 7) is 7.29. The Labute approximate surface area is 111 Å². The number of hydrogen-bond donors (Lipinski definition) is 2. The second-order valence-electron chi connectivity index (χ2n) is 4.81. The molecule has 19 heavy (non-hydrogen) atoms. The highest BCUT2D eigenvalue weighted by Crippen LogP contribution is 2.28. The number of hydrogen-bond acceptors (Lipinski definition) is 3. The van der Waals surface area contributed by atoms with Crippen molar-refractivity contribution in [1.82, 2.24) is 15.6 Å². The molecule has 0 aliphatic rings. The van der Waals surface area contributed by atoms with Crippen molar-refractivity contribution in [1.29, 1.82) is 0 Å². The van der Waals surface area contributed by atoms with E-state index in [-0.39, 0.29) is 0 Å². The second kappa shape index (κ2) is 7.45. The number of halogens is 3. The van der Waals surface area contributed by atoms with Crippen LogP contribution in [0.5, 0.6) is 0 Å². The number of rotatable bonds is 7. The van der Waals surface area contributed by atoms with Crippen molar-refractivity contribution in [2.45, 2.75) is 26.6 Å². The van der Waals surface area contributed by atoms with Crippen LogP contribution in [-0.4, -0.2) is 24.6 Å². The Morgan fingerprint density at radius 3 is 2.37 bits per heavy atom. The first kappa shape index (κ1) is 15.9. The SMILES string of the molecule is CC(C)CNCCNCc1ccc(C(F)(F)F)cn1. The van der Waals surface area contributed by atoms with Gasteiger partial charge in [-0.05, 0) is 24.6 Å². The van der Waals surface area contributed by atoms with E-state index in [1.54, 1.807) is 0 Å². The van der Waals surface area contributed by atoms with Crippen molar-refractivity contribution in [3.05, 3.63) is 29.6 Å². The molecule has 3 nitrogen and oxygen atoms in total. The molecular weight excluding hydrogens is 255 g/mol. The predicted molar refractivity (Wildman–Crippen MR) is 68.7 cm³/mol. The number of pyridine rings is 1. The van der Waals surface area contributed by atoms with Crippen molar-refractivity contribution in [3.63, 3.8) is 0 Å². The van der Waals surface area contributed by atoms with Gasteiger partial charge < -0.3 is 10.6 Å². The Morgan fingerprint density at radius 1 is 1.16 bits per heavy atom. The third kappa shape index (κ3) is 6.54. The topological polar surface area (TPSA) is 37.0 Å². The first-order chi connectivity index (χ1) is 8.89. The molecule has 2 N–H and O–H groups in total. The van der Waals surface area contributed by atoms with Crippen LogP contribution >= 0.6 is 0 Å². The van der Waals surface area contributed by atoms with Crippen molar-refractivity contribution in [2.75, 3.05) is 19.6 Å². The summed E-state index contributed by atoms with van der Waals surface area (Å²) in [5.41, 5.74) is -0.105. The van der Waals surface area contributed by atoms with Crippen LogP contribution in [0.2, 0.25) is 0 Å². The summed E-state index contributed by atoms with van der Waals surface area (Å²) in [5.74, 6) is 0.608. The van der Waals surface area contributed by atoms with Crippen LogP contribution < -0.4 is 10.6 Å². The Kier molecular flexibility index (Phi) is 6.24. The van der Waals surface area contributed by atoms with E-state index >= 15 is 0 Å². The summed E-state index contributed by atoms with van der Waals surface area (Å²) in [5, 5.41) is 6.40. The van der Waals surface area contributed by atoms with Gasteiger partial charge >= 0.3 is 6.18 Å². The monoisotopic (exact) mass is 275 g/mol. The minimum Gasteiger partial charge on any atom is -0.315 e. The first-order valence-electron chi connectivity index (χ1n) is 6.33. The van der Waals surface area contributed by atoms with Gasteiger partial charge in [0.1, 0.15) is 0 Å². The van der Waals surface area contributed by atoms with Crippen LogP contribution in [-0.2, 0) is 12.7 Å². The first-order valence-corrected chi connectivity index (χ1v) is 6.33. The number of nitrogens with one attached hydrogen (secondary N) is 2. The lowest BCUT2D eigenvalue weighted by Gasteiger charge is -2.09. The molecule has 0 aromatic carbocycles. The van der Waals surface area contributed by atoms with Gasteiger partial charge in [0.05, 0.1) is 11.3 Å². The molecule has 0 radical (unpaired) electrons. The molecule has 0 unspecified atom stereocenters. The van der Waals surface area contributed by atoms with Crippen LogP contribution in [0.4, 0.5) is 13.2 Å². The molecule has 0 spiro atoms. The molecule has 0 saturated carbocycles. The van der Waals surface area contributed by atoms with Gasteiger partial charge in [-0.3, -0.25) is 4.98 Å². The summed E-state index contributed by atoms with van der Waals surface area (Å²) in [4.78, 5) is 3.79. The van der Waals surface area contributed by atoms with Crippen LogP contribution in [0.15, 0.2) is 18.3 Å². The molecule has 0 atom stereocenters. The summed E-state index contributed by atoms with van der Waals surface area (Å²) in [6, 6.07) is 2.46. The molecule has 0 fully saturated rings. The van der Waals surface area contributed by atoms with E-state index in [1.165, 1.54) is 6.07 Å². The van der Waals surface area contributed by atoms with E-state index in [1.807, 2.05) is 0 Å². The highest BCUT2D eigenvalue weighted by atomic mass is 19.4. The van der Waals surface area contributed by atoms with Gasteiger partial charge in [0.15, 0.2) is 0 Å². The second-order valence-corrected chi connectivity index (χ2v) is 4.81. The zero-order chi connectivity index (χ0) is 14.3. The normalized spacial score (nSPS) is 12.1. The molecule has 6 heteroatoms. The van der Waals surface area contributed by atoms with Gasteiger partial charge in [-0.25, -0.2) is 0 Å². The van der Waals surface area contributed by atoms with Gasteiger partial charge in [-0.15, -0.1) is 0 Å². The fourth-order valence-electron chi connectivity index (χ4n) is 1.48. The average molecular weight is 275 g/mol. The Morgan fingerprint density at radius 2 is 1.84 bits per heavy atom. The zero-order valence-corrected chi connectivity index (χ0v) is 11.2. The van der Waals surface area contributed by atoms with Crippen molar-refractivity contribution in [3.8, 4) is 0 Å². The Hall–Kier alpha value is -1.14. The van der Waals surface area contributed by atoms with E-state index in [9.17, 15) is 13.2 Å². The maximum Gasteiger partial charge on any atom is 0.417 e. The molecule has 1 heterocycles. The largest absolute Gasteiger partial charge is 0.417 e. The standard InChI is InChI=1S/C13H20F3N3/c1-10(2)7-17-5-6-18-9-12-4-3-11(8-19-12)13(14,15)16/h3-4,8,10,17-18H,5-7,9H2,1-2H3. The van der Waals surface area contributed by atoms with Crippen LogP contribution in [0.25, 0.3) is 0 Å². The minimum absolute atomic E-state index is 0.474. The van der Waals surface area contributed by atoms with Gasteiger partial charge in [0, 0.05) is 25.8 Å². The van der Waals surface area contributed by atoms with Crippen molar-refractivity contribution < 1.29 is 13.2 Å². The lowest BCUT2D eigenvalue weighted by atomic mass is 10.2. The average Bonchev–Trinajstić information content (AvgIpc) is 2.32. The molecule has 1 aromatic heterocycles. The highest BCUT2D eigenvalue weighted by Gasteiger charge is 2.30. The minimum atomic E-state index is -4.32. The summed E-state index contributed by atoms with van der Waals surface area (Å²) in [7, 11) is 0. The summed E-state index contributed by atoms with van der Waals surface area (Å²) < 4.78 is 36.9. The van der Waals surface area contributed by atoms with Gasteiger partial charge in [0.25, 0.3) is 0 Å². The maximum absolute atomic E-state index is 12.3. The highest BCUT2D eigenvalue weighted by molar-refractivity contribution is 5.16. The molecule has 1 rings (SSSR count). The molecule has 0 amide bonds. The molecule has 0 aliphatic carbocycles. The molecular formula is C13H20F3N3. The van der Waals surface area contributed by atoms with Crippen LogP contribution in [0, 0.1) is 5.92 Å². The lowest BCUT2D eigenvalue weighted by Crippen LogP contribution is -2.29. The third-order valence-corrected chi connectivity index (χ3v) is 2.49. The van der Waals surface area contributed by atoms with E-state index < -0.39 is 11.7 Å². The van der Waals surface area contributed by atoms with E-state index in [4.69, 9.17) is 0 Å². The predicted octanol–water partition coefficient (Wildman–Crippen LogP) is 2.44. The van der Waals surface area contributed by atoms with E-state index in [2.05, 4.69) is 29.5 Å². The Balaban J connectivity index is 2.23. The fourth-order valence-corrected chi connectivity index (χ4v) is 1.48. The summed E-state index contributed by atoms with van der Waals surface area (Å²) >= 11 is 0. The van der Waals surface area contributed by atoms with Crippen LogP contribution in [0.3, 0.4) is 0 Å². The fraction of sp³-hybridized carbons (Fsp3) is 0.615. The lowest BCUT2D eigenvalue weighted by molar-refractivity contribution is -0.137. The van der Waals surface area contributed by atoms with Gasteiger partial charge in [0.2, 0.25) is 0 Å². The molecule has 0 saturated heterocycles. The molecule has 1 aromatic rings. The molecule has 0 bridgehead atoms.